The van der Waals surface area contributed by atoms with Crippen LogP contribution in [-0.4, -0.2) is 30.8 Å². The molecular formula is C24H25NO4. The van der Waals surface area contributed by atoms with Gasteiger partial charge in [0.2, 0.25) is 5.91 Å². The normalized spacial score (nSPS) is 14.1. The average Bonchev–Trinajstić information content (AvgIpc) is 2.76. The van der Waals surface area contributed by atoms with Crippen LogP contribution >= 0.6 is 0 Å². The van der Waals surface area contributed by atoms with E-state index in [1.807, 2.05) is 42.5 Å². The number of hydrogen-bond donors (Lipinski definition) is 1. The quantitative estimate of drug-likeness (QED) is 0.447. The molecule has 1 N–H and O–H groups in total. The second-order valence-electron chi connectivity index (χ2n) is 7.16. The van der Waals surface area contributed by atoms with Gasteiger partial charge in [-0.05, 0) is 54.5 Å². The molecule has 1 aliphatic rings. The lowest BCUT2D eigenvalue weighted by molar-refractivity contribution is -0.144. The molecule has 0 spiro atoms. The first-order valence-corrected chi connectivity index (χ1v) is 9.83. The van der Waals surface area contributed by atoms with Crippen molar-refractivity contribution >= 4 is 17.7 Å². The maximum atomic E-state index is 12.4. The number of benzene rings is 2. The Morgan fingerprint density at radius 1 is 1.00 bits per heavy atom. The van der Waals surface area contributed by atoms with Gasteiger partial charge in [-0.3, -0.25) is 9.59 Å². The maximum Gasteiger partial charge on any atom is 0.328 e. The van der Waals surface area contributed by atoms with E-state index in [0.29, 0.717) is 12.0 Å². The van der Waals surface area contributed by atoms with E-state index in [-0.39, 0.29) is 5.78 Å². The van der Waals surface area contributed by atoms with Gasteiger partial charge in [0.05, 0.1) is 7.11 Å². The van der Waals surface area contributed by atoms with Crippen LogP contribution in [0.5, 0.6) is 0 Å². The molecule has 1 atom stereocenters. The number of carbonyl (C=O) groups is 3. The molecule has 29 heavy (non-hydrogen) atoms. The van der Waals surface area contributed by atoms with E-state index in [2.05, 4.69) is 5.32 Å². The number of esters is 1. The van der Waals surface area contributed by atoms with Gasteiger partial charge >= 0.3 is 5.97 Å². The third-order valence-electron chi connectivity index (χ3n) is 5.10. The molecule has 1 aliphatic carbocycles. The number of methoxy groups -OCH3 is 1. The first kappa shape index (κ1) is 20.5. The Labute approximate surface area is 170 Å². The Hall–Kier alpha value is -3.21. The highest BCUT2D eigenvalue weighted by Gasteiger charge is 2.21. The molecule has 0 radical (unpaired) electrons. The largest absolute Gasteiger partial charge is 0.467 e. The number of amides is 1. The van der Waals surface area contributed by atoms with E-state index in [4.69, 9.17) is 4.74 Å². The number of nitrogens with one attached hydrogen (secondary N) is 1. The van der Waals surface area contributed by atoms with Gasteiger partial charge < -0.3 is 10.1 Å². The lowest BCUT2D eigenvalue weighted by Gasteiger charge is -2.16. The number of fused-ring (bicyclic) bond motifs is 1. The molecule has 0 unspecified atom stereocenters. The first-order valence-electron chi connectivity index (χ1n) is 9.83. The summed E-state index contributed by atoms with van der Waals surface area (Å²) in [7, 11) is 1.28. The van der Waals surface area contributed by atoms with Crippen LogP contribution in [0.1, 0.15) is 39.9 Å². The molecule has 2 aromatic rings. The highest BCUT2D eigenvalue weighted by Crippen LogP contribution is 2.22. The number of allylic oxidation sites excluding steroid dienone is 1. The molecule has 0 aliphatic heterocycles. The molecule has 0 aromatic heterocycles. The molecule has 150 valence electrons. The molecular weight excluding hydrogens is 366 g/mol. The lowest BCUT2D eigenvalue weighted by Crippen LogP contribution is -2.42. The van der Waals surface area contributed by atoms with Gasteiger partial charge in [0.25, 0.3) is 0 Å². The minimum absolute atomic E-state index is 0.230. The predicted molar refractivity (Wildman–Crippen MR) is 111 cm³/mol. The predicted octanol–water partition coefficient (Wildman–Crippen LogP) is 3.20. The second-order valence-corrected chi connectivity index (χ2v) is 7.16. The van der Waals surface area contributed by atoms with Gasteiger partial charge in [-0.15, -0.1) is 0 Å². The van der Waals surface area contributed by atoms with Gasteiger partial charge in [0, 0.05) is 18.1 Å². The van der Waals surface area contributed by atoms with E-state index in [0.717, 1.165) is 24.8 Å². The van der Waals surface area contributed by atoms with Crippen LogP contribution < -0.4 is 5.32 Å². The Kier molecular flexibility index (Phi) is 6.95. The van der Waals surface area contributed by atoms with Crippen LogP contribution in [0.3, 0.4) is 0 Å². The fraction of sp³-hybridized carbons (Fsp3) is 0.292. The fourth-order valence-corrected chi connectivity index (χ4v) is 3.54. The lowest BCUT2D eigenvalue weighted by atomic mass is 9.90. The van der Waals surface area contributed by atoms with Crippen LogP contribution in [0.25, 0.3) is 0 Å². The van der Waals surface area contributed by atoms with Gasteiger partial charge in [0.15, 0.2) is 5.78 Å². The fourth-order valence-electron chi connectivity index (χ4n) is 3.54. The molecule has 3 rings (SSSR count). The topological polar surface area (TPSA) is 72.5 Å². The monoisotopic (exact) mass is 391 g/mol. The van der Waals surface area contributed by atoms with Crippen molar-refractivity contribution in [3.05, 3.63) is 82.9 Å². The first-order chi connectivity index (χ1) is 14.1. The van der Waals surface area contributed by atoms with Crippen molar-refractivity contribution < 1.29 is 19.1 Å². The van der Waals surface area contributed by atoms with Gasteiger partial charge in [-0.25, -0.2) is 4.79 Å². The summed E-state index contributed by atoms with van der Waals surface area (Å²) in [6.07, 6.45) is 7.09. The van der Waals surface area contributed by atoms with Crippen molar-refractivity contribution in [2.75, 3.05) is 7.11 Å². The van der Waals surface area contributed by atoms with E-state index >= 15 is 0 Å². The molecule has 0 heterocycles. The number of rotatable bonds is 7. The zero-order valence-corrected chi connectivity index (χ0v) is 16.5. The molecule has 0 bridgehead atoms. The highest BCUT2D eigenvalue weighted by atomic mass is 16.5. The van der Waals surface area contributed by atoms with Crippen molar-refractivity contribution in [2.45, 2.75) is 38.1 Å². The minimum atomic E-state index is -0.821. The average molecular weight is 391 g/mol. The molecule has 0 fully saturated rings. The Morgan fingerprint density at radius 3 is 2.45 bits per heavy atom. The maximum absolute atomic E-state index is 12.4. The number of ether oxygens (including phenoxy) is 1. The summed E-state index contributed by atoms with van der Waals surface area (Å²) in [5.41, 5.74) is 3.99. The van der Waals surface area contributed by atoms with Gasteiger partial charge in [-0.1, -0.05) is 42.5 Å². The summed E-state index contributed by atoms with van der Waals surface area (Å²) in [6, 6.07) is 14.3. The molecule has 2 aromatic carbocycles. The number of aryl methyl sites for hydroxylation is 2. The van der Waals surface area contributed by atoms with E-state index in [1.165, 1.54) is 36.8 Å². The van der Waals surface area contributed by atoms with Crippen LogP contribution in [0, 0.1) is 0 Å². The third kappa shape index (κ3) is 5.64. The Bertz CT molecular complexity index is 918. The summed E-state index contributed by atoms with van der Waals surface area (Å²) >= 11 is 0. The zero-order valence-electron chi connectivity index (χ0n) is 16.5. The van der Waals surface area contributed by atoms with Crippen molar-refractivity contribution in [3.8, 4) is 0 Å². The number of carbonyl (C=O) groups excluding carboxylic acids is 3. The van der Waals surface area contributed by atoms with Crippen LogP contribution in [0.2, 0.25) is 0 Å². The highest BCUT2D eigenvalue weighted by molar-refractivity contribution is 6.08. The van der Waals surface area contributed by atoms with E-state index in [1.54, 1.807) is 6.07 Å². The summed E-state index contributed by atoms with van der Waals surface area (Å²) in [5, 5.41) is 2.62. The summed E-state index contributed by atoms with van der Waals surface area (Å²) in [5.74, 6) is -1.27. The molecule has 1 amide bonds. The molecule has 0 saturated heterocycles. The minimum Gasteiger partial charge on any atom is -0.467 e. The number of hydrogen-bond acceptors (Lipinski definition) is 4. The zero-order chi connectivity index (χ0) is 20.6. The third-order valence-corrected chi connectivity index (χ3v) is 5.10. The molecule has 5 heteroatoms. The van der Waals surface area contributed by atoms with Crippen molar-refractivity contribution in [3.63, 3.8) is 0 Å². The molecule has 0 saturated carbocycles. The van der Waals surface area contributed by atoms with Gasteiger partial charge in [-0.2, -0.15) is 0 Å². The summed E-state index contributed by atoms with van der Waals surface area (Å²) in [4.78, 5) is 36.7. The van der Waals surface area contributed by atoms with E-state index in [9.17, 15) is 14.4 Å². The van der Waals surface area contributed by atoms with Crippen molar-refractivity contribution in [1.82, 2.24) is 5.32 Å². The van der Waals surface area contributed by atoms with Crippen LogP contribution in [-0.2, 0) is 33.6 Å². The van der Waals surface area contributed by atoms with Crippen molar-refractivity contribution in [2.24, 2.45) is 0 Å². The Morgan fingerprint density at radius 2 is 1.72 bits per heavy atom. The summed E-state index contributed by atoms with van der Waals surface area (Å²) in [6.45, 7) is 0. The standard InChI is InChI=1S/C24H25NO4/c1-29-24(28)21(15-17-7-3-2-4-8-17)25-23(27)14-13-22(26)20-12-11-18-9-5-6-10-19(18)16-20/h2-4,7-8,11-14,16,21H,5-6,9-10,15H2,1H3,(H,25,27)/t21-/m0/s1. The van der Waals surface area contributed by atoms with Crippen molar-refractivity contribution in [1.29, 1.82) is 0 Å². The van der Waals surface area contributed by atoms with E-state index < -0.39 is 17.9 Å². The smallest absolute Gasteiger partial charge is 0.328 e. The van der Waals surface area contributed by atoms with Gasteiger partial charge in [0.1, 0.15) is 6.04 Å². The molecule has 5 nitrogen and oxygen atoms in total. The summed E-state index contributed by atoms with van der Waals surface area (Å²) < 4.78 is 4.79. The number of ketones is 1. The Balaban J connectivity index is 1.63. The second kappa shape index (κ2) is 9.82. The van der Waals surface area contributed by atoms with Crippen LogP contribution in [0.4, 0.5) is 0 Å². The van der Waals surface area contributed by atoms with Crippen LogP contribution in [0.15, 0.2) is 60.7 Å². The SMILES string of the molecule is COC(=O)[C@H](Cc1ccccc1)NC(=O)C=CC(=O)c1ccc2c(c1)CCCC2.